The summed E-state index contributed by atoms with van der Waals surface area (Å²) in [5.74, 6) is 0.0363. The molecule has 5 nitrogen and oxygen atoms in total. The minimum atomic E-state index is -0.597. The van der Waals surface area contributed by atoms with E-state index in [4.69, 9.17) is 9.47 Å². The molecule has 4 rings (SSSR count). The van der Waals surface area contributed by atoms with Crippen LogP contribution in [0.1, 0.15) is 42.7 Å². The molecular formula is C24H28F2N2O3. The molecule has 0 radical (unpaired) electrons. The van der Waals surface area contributed by atoms with E-state index in [1.54, 1.807) is 14.2 Å². The number of benzene rings is 2. The van der Waals surface area contributed by atoms with Crippen molar-refractivity contribution >= 4 is 5.91 Å². The minimum Gasteiger partial charge on any atom is -0.497 e. The van der Waals surface area contributed by atoms with Crippen LogP contribution in [0.15, 0.2) is 36.4 Å². The van der Waals surface area contributed by atoms with Crippen LogP contribution in [0.25, 0.3) is 0 Å². The maximum atomic E-state index is 14.0. The highest BCUT2D eigenvalue weighted by Crippen LogP contribution is 2.42. The Morgan fingerprint density at radius 3 is 2.58 bits per heavy atom. The molecule has 2 aliphatic rings. The first-order chi connectivity index (χ1) is 14.9. The normalized spacial score (nSPS) is 24.1. The van der Waals surface area contributed by atoms with E-state index in [1.807, 2.05) is 18.2 Å². The zero-order valence-corrected chi connectivity index (χ0v) is 17.9. The Hall–Kier alpha value is -2.67. The van der Waals surface area contributed by atoms with Crippen molar-refractivity contribution in [2.75, 3.05) is 27.3 Å². The van der Waals surface area contributed by atoms with Crippen LogP contribution in [0.2, 0.25) is 0 Å². The molecule has 0 aromatic heterocycles. The molecule has 2 atom stereocenters. The van der Waals surface area contributed by atoms with Gasteiger partial charge in [-0.05, 0) is 36.6 Å². The molecule has 31 heavy (non-hydrogen) atoms. The Kier molecular flexibility index (Phi) is 6.14. The fourth-order valence-corrected chi connectivity index (χ4v) is 5.06. The van der Waals surface area contributed by atoms with E-state index in [1.165, 1.54) is 12.1 Å². The van der Waals surface area contributed by atoms with Crippen molar-refractivity contribution in [3.63, 3.8) is 0 Å². The second-order valence-electron chi connectivity index (χ2n) is 8.51. The number of halogens is 2. The summed E-state index contributed by atoms with van der Waals surface area (Å²) < 4.78 is 38.9. The fourth-order valence-electron chi connectivity index (χ4n) is 5.06. The van der Waals surface area contributed by atoms with Gasteiger partial charge < -0.3 is 14.8 Å². The van der Waals surface area contributed by atoms with Crippen LogP contribution in [-0.2, 0) is 11.3 Å². The molecule has 1 amide bonds. The zero-order valence-electron chi connectivity index (χ0n) is 17.9. The Balaban J connectivity index is 1.67. The molecule has 2 fully saturated rings. The molecular weight excluding hydrogens is 402 g/mol. The highest BCUT2D eigenvalue weighted by molar-refractivity contribution is 5.77. The predicted molar refractivity (Wildman–Crippen MR) is 113 cm³/mol. The lowest BCUT2D eigenvalue weighted by atomic mass is 9.79. The monoisotopic (exact) mass is 430 g/mol. The van der Waals surface area contributed by atoms with Crippen LogP contribution < -0.4 is 14.8 Å². The van der Waals surface area contributed by atoms with Gasteiger partial charge in [0, 0.05) is 49.7 Å². The number of hydrogen-bond acceptors (Lipinski definition) is 4. The van der Waals surface area contributed by atoms with Crippen molar-refractivity contribution in [2.24, 2.45) is 0 Å². The second kappa shape index (κ2) is 8.83. The zero-order chi connectivity index (χ0) is 22.0. The molecule has 2 heterocycles. The molecule has 2 aromatic rings. The van der Waals surface area contributed by atoms with Gasteiger partial charge in [-0.2, -0.15) is 0 Å². The van der Waals surface area contributed by atoms with E-state index in [0.717, 1.165) is 36.6 Å². The quantitative estimate of drug-likeness (QED) is 0.779. The maximum absolute atomic E-state index is 14.0. The fraction of sp³-hybridized carbons (Fsp3) is 0.458. The summed E-state index contributed by atoms with van der Waals surface area (Å²) >= 11 is 0. The van der Waals surface area contributed by atoms with Crippen LogP contribution >= 0.6 is 0 Å². The Labute approximate surface area is 181 Å². The third-order valence-corrected chi connectivity index (χ3v) is 6.45. The van der Waals surface area contributed by atoms with Gasteiger partial charge >= 0.3 is 0 Å². The lowest BCUT2D eigenvalue weighted by molar-refractivity contribution is -0.122. The van der Waals surface area contributed by atoms with Crippen LogP contribution in [0.5, 0.6) is 11.5 Å². The van der Waals surface area contributed by atoms with Gasteiger partial charge in [0.1, 0.15) is 23.1 Å². The van der Waals surface area contributed by atoms with Crippen LogP contribution in [0, 0.1) is 11.6 Å². The summed E-state index contributed by atoms with van der Waals surface area (Å²) in [7, 11) is 3.23. The molecule has 1 N–H and O–H groups in total. The highest BCUT2D eigenvalue weighted by Gasteiger charge is 2.48. The highest BCUT2D eigenvalue weighted by atomic mass is 19.1. The molecule has 1 spiro atoms. The summed E-state index contributed by atoms with van der Waals surface area (Å²) in [6, 6.07) is 9.36. The van der Waals surface area contributed by atoms with Crippen molar-refractivity contribution in [1.29, 1.82) is 0 Å². The summed E-state index contributed by atoms with van der Waals surface area (Å²) in [5, 5.41) is 3.23. The Morgan fingerprint density at radius 2 is 1.87 bits per heavy atom. The minimum absolute atomic E-state index is 0.00301. The number of amides is 1. The molecule has 2 aromatic carbocycles. The van der Waals surface area contributed by atoms with Crippen molar-refractivity contribution < 1.29 is 23.0 Å². The average Bonchev–Trinajstić information content (AvgIpc) is 2.96. The third-order valence-electron chi connectivity index (χ3n) is 6.45. The number of hydrogen-bond donors (Lipinski definition) is 1. The van der Waals surface area contributed by atoms with Gasteiger partial charge in [0.15, 0.2) is 0 Å². The SMILES string of the molecule is COc1ccc(CN2C[C@@H](c3cc(F)cc(F)c3)[C@@]3(CCCCC(=O)N3)C2)c(OC)c1. The Morgan fingerprint density at radius 1 is 1.10 bits per heavy atom. The number of nitrogens with zero attached hydrogens (tertiary/aromatic N) is 1. The van der Waals surface area contributed by atoms with Gasteiger partial charge in [-0.15, -0.1) is 0 Å². The number of methoxy groups -OCH3 is 2. The smallest absolute Gasteiger partial charge is 0.220 e. The maximum Gasteiger partial charge on any atom is 0.220 e. The number of nitrogens with one attached hydrogen (secondary N) is 1. The molecule has 2 aliphatic heterocycles. The van der Waals surface area contributed by atoms with Gasteiger partial charge in [-0.25, -0.2) is 8.78 Å². The Bertz CT molecular complexity index is 948. The first-order valence-electron chi connectivity index (χ1n) is 10.6. The molecule has 0 bridgehead atoms. The molecule has 0 unspecified atom stereocenters. The van der Waals surface area contributed by atoms with E-state index in [2.05, 4.69) is 10.2 Å². The van der Waals surface area contributed by atoms with Crippen LogP contribution in [-0.4, -0.2) is 43.7 Å². The first kappa shape index (κ1) is 21.6. The van der Waals surface area contributed by atoms with Crippen molar-refractivity contribution in [3.8, 4) is 11.5 Å². The summed E-state index contributed by atoms with van der Waals surface area (Å²) in [4.78, 5) is 14.7. The average molecular weight is 430 g/mol. The summed E-state index contributed by atoms with van der Waals surface area (Å²) in [5.41, 5.74) is 1.03. The van der Waals surface area contributed by atoms with Gasteiger partial charge in [0.2, 0.25) is 5.91 Å². The van der Waals surface area contributed by atoms with Crippen LogP contribution in [0.4, 0.5) is 8.78 Å². The first-order valence-corrected chi connectivity index (χ1v) is 10.6. The lowest BCUT2D eigenvalue weighted by Crippen LogP contribution is -2.52. The lowest BCUT2D eigenvalue weighted by Gasteiger charge is -2.35. The molecule has 0 aliphatic carbocycles. The van der Waals surface area contributed by atoms with E-state index >= 15 is 0 Å². The molecule has 2 saturated heterocycles. The van der Waals surface area contributed by atoms with E-state index in [0.29, 0.717) is 37.4 Å². The van der Waals surface area contributed by atoms with Crippen molar-refractivity contribution in [1.82, 2.24) is 10.2 Å². The van der Waals surface area contributed by atoms with Gasteiger partial charge in [-0.3, -0.25) is 9.69 Å². The number of rotatable bonds is 5. The number of carbonyl (C=O) groups is 1. The molecule has 166 valence electrons. The van der Waals surface area contributed by atoms with E-state index in [9.17, 15) is 13.6 Å². The number of ether oxygens (including phenoxy) is 2. The molecule has 0 saturated carbocycles. The standard InChI is InChI=1S/C24H28F2N2O3/c1-30-20-7-6-16(22(12-20)31-2)13-28-14-21(17-9-18(25)11-19(26)10-17)24(15-28)8-4-3-5-23(29)27-24/h6-7,9-12,21H,3-5,8,13-15H2,1-2H3,(H,27,29)/t21-,24+/m0/s1. The van der Waals surface area contributed by atoms with E-state index < -0.39 is 17.2 Å². The van der Waals surface area contributed by atoms with Gasteiger partial charge in [-0.1, -0.05) is 12.5 Å². The number of carbonyl (C=O) groups excluding carboxylic acids is 1. The van der Waals surface area contributed by atoms with E-state index in [-0.39, 0.29) is 11.8 Å². The largest absolute Gasteiger partial charge is 0.497 e. The van der Waals surface area contributed by atoms with Crippen molar-refractivity contribution in [2.45, 2.75) is 43.7 Å². The molecule has 7 heteroatoms. The van der Waals surface area contributed by atoms with Gasteiger partial charge in [0.25, 0.3) is 0 Å². The van der Waals surface area contributed by atoms with Crippen LogP contribution in [0.3, 0.4) is 0 Å². The summed E-state index contributed by atoms with van der Waals surface area (Å²) in [6.07, 6.45) is 2.98. The topological polar surface area (TPSA) is 50.8 Å². The predicted octanol–water partition coefficient (Wildman–Crippen LogP) is 4.01. The third kappa shape index (κ3) is 4.51. The van der Waals surface area contributed by atoms with Crippen molar-refractivity contribution in [3.05, 3.63) is 59.2 Å². The summed E-state index contributed by atoms with van der Waals surface area (Å²) in [6.45, 7) is 1.79. The van der Waals surface area contributed by atoms with Gasteiger partial charge in [0.05, 0.1) is 19.8 Å². The number of likely N-dealkylation sites (tertiary alicyclic amines) is 1. The second-order valence-corrected chi connectivity index (χ2v) is 8.51.